The highest BCUT2D eigenvalue weighted by atomic mass is 19.1. The molecule has 1 aliphatic heterocycles. The van der Waals surface area contributed by atoms with Crippen LogP contribution in [0.4, 0.5) is 10.1 Å². The van der Waals surface area contributed by atoms with Gasteiger partial charge in [0, 0.05) is 31.9 Å². The summed E-state index contributed by atoms with van der Waals surface area (Å²) in [6.07, 6.45) is 0.877. The van der Waals surface area contributed by atoms with Crippen LogP contribution in [-0.4, -0.2) is 37.5 Å². The average molecular weight is 208 g/mol. The zero-order valence-electron chi connectivity index (χ0n) is 8.40. The molecule has 0 radical (unpaired) electrons. The number of amides is 1. The Bertz CT molecular complexity index is 331. The fourth-order valence-electron chi connectivity index (χ4n) is 1.74. The zero-order chi connectivity index (χ0) is 10.7. The van der Waals surface area contributed by atoms with E-state index in [1.807, 2.05) is 0 Å². The molecule has 0 spiro atoms. The lowest BCUT2D eigenvalue weighted by Crippen LogP contribution is -2.45. The van der Waals surface area contributed by atoms with Gasteiger partial charge in [0.25, 0.3) is 0 Å². The Hall–Kier alpha value is -1.58. The molecule has 4 heteroatoms. The van der Waals surface area contributed by atoms with E-state index in [0.717, 1.165) is 38.3 Å². The molecule has 1 fully saturated rings. The van der Waals surface area contributed by atoms with Crippen LogP contribution in [0.1, 0.15) is 0 Å². The van der Waals surface area contributed by atoms with Crippen LogP contribution in [0.3, 0.4) is 0 Å². The van der Waals surface area contributed by atoms with Crippen molar-refractivity contribution in [3.05, 3.63) is 30.1 Å². The third-order valence-corrected chi connectivity index (χ3v) is 2.66. The molecule has 1 aliphatic rings. The molecule has 1 aromatic carbocycles. The van der Waals surface area contributed by atoms with Gasteiger partial charge in [0.1, 0.15) is 5.82 Å². The third kappa shape index (κ3) is 2.26. The Kier molecular flexibility index (Phi) is 2.85. The van der Waals surface area contributed by atoms with Gasteiger partial charge in [0.05, 0.1) is 0 Å². The first kappa shape index (κ1) is 9.96. The van der Waals surface area contributed by atoms with Gasteiger partial charge in [-0.15, -0.1) is 0 Å². The molecule has 0 aliphatic carbocycles. The molecule has 0 atom stereocenters. The summed E-state index contributed by atoms with van der Waals surface area (Å²) in [6.45, 7) is 3.09. The summed E-state index contributed by atoms with van der Waals surface area (Å²) in [4.78, 5) is 14.4. The second-order valence-electron chi connectivity index (χ2n) is 3.60. The van der Waals surface area contributed by atoms with Crippen molar-refractivity contribution in [2.45, 2.75) is 0 Å². The summed E-state index contributed by atoms with van der Waals surface area (Å²) in [7, 11) is 0. The van der Waals surface area contributed by atoms with Crippen LogP contribution < -0.4 is 4.90 Å². The second-order valence-corrected chi connectivity index (χ2v) is 3.60. The number of piperazine rings is 1. The molecule has 0 N–H and O–H groups in total. The highest BCUT2D eigenvalue weighted by Gasteiger charge is 2.15. The van der Waals surface area contributed by atoms with Crippen molar-refractivity contribution < 1.29 is 9.18 Å². The fraction of sp³-hybridized carbons (Fsp3) is 0.364. The number of hydrogen-bond donors (Lipinski definition) is 0. The van der Waals surface area contributed by atoms with E-state index in [9.17, 15) is 9.18 Å². The van der Waals surface area contributed by atoms with E-state index in [-0.39, 0.29) is 5.82 Å². The number of halogens is 1. The number of hydrogen-bond acceptors (Lipinski definition) is 2. The zero-order valence-corrected chi connectivity index (χ0v) is 8.40. The van der Waals surface area contributed by atoms with Gasteiger partial charge in [-0.25, -0.2) is 4.39 Å². The monoisotopic (exact) mass is 208 g/mol. The quantitative estimate of drug-likeness (QED) is 0.679. The molecule has 0 aromatic heterocycles. The van der Waals surface area contributed by atoms with Gasteiger partial charge in [-0.3, -0.25) is 4.79 Å². The van der Waals surface area contributed by atoms with E-state index in [1.165, 1.54) is 12.1 Å². The Morgan fingerprint density at radius 3 is 2.20 bits per heavy atom. The minimum absolute atomic E-state index is 0.217. The molecular formula is C11H13FN2O. The van der Waals surface area contributed by atoms with Crippen LogP contribution >= 0.6 is 0 Å². The molecule has 0 saturated carbocycles. The standard InChI is InChI=1S/C11H13FN2O/c12-10-1-3-11(4-2-10)14-7-5-13(9-15)6-8-14/h1-4,9H,5-8H2. The van der Waals surface area contributed by atoms with E-state index in [1.54, 1.807) is 17.0 Å². The number of rotatable bonds is 2. The van der Waals surface area contributed by atoms with Gasteiger partial charge < -0.3 is 9.80 Å². The minimum Gasteiger partial charge on any atom is -0.368 e. The average Bonchev–Trinajstić information content (AvgIpc) is 2.30. The van der Waals surface area contributed by atoms with Gasteiger partial charge in [0.15, 0.2) is 0 Å². The normalized spacial score (nSPS) is 16.6. The predicted molar refractivity (Wildman–Crippen MR) is 56.3 cm³/mol. The molecule has 1 amide bonds. The maximum Gasteiger partial charge on any atom is 0.209 e. The summed E-state index contributed by atoms with van der Waals surface area (Å²) in [5.74, 6) is -0.217. The highest BCUT2D eigenvalue weighted by Crippen LogP contribution is 2.16. The molecule has 0 bridgehead atoms. The summed E-state index contributed by atoms with van der Waals surface area (Å²) in [6, 6.07) is 6.46. The molecule has 1 heterocycles. The molecule has 1 saturated heterocycles. The maximum absolute atomic E-state index is 12.7. The molecule has 15 heavy (non-hydrogen) atoms. The lowest BCUT2D eigenvalue weighted by molar-refractivity contribution is -0.118. The fourth-order valence-corrected chi connectivity index (χ4v) is 1.74. The largest absolute Gasteiger partial charge is 0.368 e. The number of carbonyl (C=O) groups is 1. The van der Waals surface area contributed by atoms with Gasteiger partial charge in [0.2, 0.25) is 6.41 Å². The molecular weight excluding hydrogens is 195 g/mol. The maximum atomic E-state index is 12.7. The van der Waals surface area contributed by atoms with Crippen molar-refractivity contribution in [3.63, 3.8) is 0 Å². The van der Waals surface area contributed by atoms with Gasteiger partial charge in [-0.05, 0) is 24.3 Å². The summed E-state index contributed by atoms with van der Waals surface area (Å²) < 4.78 is 12.7. The lowest BCUT2D eigenvalue weighted by atomic mass is 10.2. The third-order valence-electron chi connectivity index (χ3n) is 2.66. The van der Waals surface area contributed by atoms with Crippen LogP contribution in [0.25, 0.3) is 0 Å². The number of nitrogens with zero attached hydrogens (tertiary/aromatic N) is 2. The lowest BCUT2D eigenvalue weighted by Gasteiger charge is -2.34. The van der Waals surface area contributed by atoms with Crippen LogP contribution in [0.15, 0.2) is 24.3 Å². The molecule has 0 unspecified atom stereocenters. The minimum atomic E-state index is -0.217. The van der Waals surface area contributed by atoms with Crippen molar-refractivity contribution in [1.29, 1.82) is 0 Å². The number of anilines is 1. The molecule has 1 aromatic rings. The van der Waals surface area contributed by atoms with E-state index >= 15 is 0 Å². The summed E-state index contributed by atoms with van der Waals surface area (Å²) in [5, 5.41) is 0. The highest BCUT2D eigenvalue weighted by molar-refractivity contribution is 5.51. The SMILES string of the molecule is O=CN1CCN(c2ccc(F)cc2)CC1. The second kappa shape index (κ2) is 4.29. The Balaban J connectivity index is 2.01. The van der Waals surface area contributed by atoms with Crippen molar-refractivity contribution in [3.8, 4) is 0 Å². The van der Waals surface area contributed by atoms with E-state index in [4.69, 9.17) is 0 Å². The first-order valence-corrected chi connectivity index (χ1v) is 4.99. The predicted octanol–water partition coefficient (Wildman–Crippen LogP) is 1.10. The van der Waals surface area contributed by atoms with Crippen molar-refractivity contribution in [1.82, 2.24) is 4.90 Å². The first-order valence-electron chi connectivity index (χ1n) is 4.99. The molecule has 3 nitrogen and oxygen atoms in total. The van der Waals surface area contributed by atoms with E-state index in [0.29, 0.717) is 0 Å². The Morgan fingerprint density at radius 1 is 1.07 bits per heavy atom. The Morgan fingerprint density at radius 2 is 1.67 bits per heavy atom. The molecule has 2 rings (SSSR count). The van der Waals surface area contributed by atoms with E-state index in [2.05, 4.69) is 4.90 Å². The van der Waals surface area contributed by atoms with Gasteiger partial charge >= 0.3 is 0 Å². The smallest absolute Gasteiger partial charge is 0.209 e. The summed E-state index contributed by atoms with van der Waals surface area (Å²) in [5.41, 5.74) is 1.02. The van der Waals surface area contributed by atoms with Crippen molar-refractivity contribution >= 4 is 12.1 Å². The summed E-state index contributed by atoms with van der Waals surface area (Å²) >= 11 is 0. The topological polar surface area (TPSA) is 23.6 Å². The number of benzene rings is 1. The van der Waals surface area contributed by atoms with Crippen LogP contribution in [0.2, 0.25) is 0 Å². The van der Waals surface area contributed by atoms with Crippen molar-refractivity contribution in [2.75, 3.05) is 31.1 Å². The van der Waals surface area contributed by atoms with Crippen molar-refractivity contribution in [2.24, 2.45) is 0 Å². The van der Waals surface area contributed by atoms with Crippen LogP contribution in [-0.2, 0) is 4.79 Å². The molecule has 80 valence electrons. The Labute approximate surface area is 88.1 Å². The van der Waals surface area contributed by atoms with Gasteiger partial charge in [-0.1, -0.05) is 0 Å². The van der Waals surface area contributed by atoms with E-state index < -0.39 is 0 Å². The number of carbonyl (C=O) groups excluding carboxylic acids is 1. The van der Waals surface area contributed by atoms with Crippen LogP contribution in [0, 0.1) is 5.82 Å². The van der Waals surface area contributed by atoms with Crippen LogP contribution in [0.5, 0.6) is 0 Å². The first-order chi connectivity index (χ1) is 7.29. The van der Waals surface area contributed by atoms with Gasteiger partial charge in [-0.2, -0.15) is 0 Å².